The van der Waals surface area contributed by atoms with Gasteiger partial charge in [0, 0.05) is 19.1 Å². The largest absolute Gasteiger partial charge is 0.340 e. The first kappa shape index (κ1) is 9.97. The van der Waals surface area contributed by atoms with E-state index in [-0.39, 0.29) is 5.41 Å². The van der Waals surface area contributed by atoms with Gasteiger partial charge in [0.15, 0.2) is 0 Å². The van der Waals surface area contributed by atoms with Crippen molar-refractivity contribution < 1.29 is 4.79 Å². The highest BCUT2D eigenvalue weighted by molar-refractivity contribution is 5.85. The molecule has 80 valence electrons. The average molecular weight is 196 g/mol. The standard InChI is InChI=1S/C11H20N2O/c1-9(2)13-7-5-11(10(13)14)4-6-12(3)8-11/h9H,4-8H2,1-3H3. The minimum absolute atomic E-state index is 0.0149. The molecule has 0 aromatic heterocycles. The third kappa shape index (κ3) is 1.34. The van der Waals surface area contributed by atoms with Gasteiger partial charge < -0.3 is 9.80 Å². The summed E-state index contributed by atoms with van der Waals surface area (Å²) in [7, 11) is 2.11. The summed E-state index contributed by atoms with van der Waals surface area (Å²) < 4.78 is 0. The number of nitrogens with zero attached hydrogens (tertiary/aromatic N) is 2. The zero-order valence-electron chi connectivity index (χ0n) is 9.42. The van der Waals surface area contributed by atoms with Crippen LogP contribution in [-0.4, -0.2) is 48.4 Å². The number of hydrogen-bond donors (Lipinski definition) is 0. The van der Waals surface area contributed by atoms with E-state index in [0.717, 1.165) is 32.5 Å². The average Bonchev–Trinajstić information content (AvgIpc) is 2.61. The molecule has 2 fully saturated rings. The molecule has 3 heteroatoms. The maximum absolute atomic E-state index is 12.2. The third-order valence-electron chi connectivity index (χ3n) is 3.71. The van der Waals surface area contributed by atoms with Gasteiger partial charge in [0.25, 0.3) is 0 Å². The second-order valence-corrected chi connectivity index (χ2v) is 5.11. The van der Waals surface area contributed by atoms with Crippen LogP contribution in [0.3, 0.4) is 0 Å². The van der Waals surface area contributed by atoms with Gasteiger partial charge in [-0.15, -0.1) is 0 Å². The summed E-state index contributed by atoms with van der Waals surface area (Å²) in [4.78, 5) is 16.5. The first-order chi connectivity index (χ1) is 6.55. The lowest BCUT2D eigenvalue weighted by molar-refractivity contribution is -0.136. The summed E-state index contributed by atoms with van der Waals surface area (Å²) in [6.45, 7) is 7.22. The van der Waals surface area contributed by atoms with E-state index in [2.05, 4.69) is 25.8 Å². The summed E-state index contributed by atoms with van der Waals surface area (Å²) >= 11 is 0. The lowest BCUT2D eigenvalue weighted by atomic mass is 9.85. The van der Waals surface area contributed by atoms with E-state index in [4.69, 9.17) is 0 Å². The molecule has 0 radical (unpaired) electrons. The van der Waals surface area contributed by atoms with Crippen molar-refractivity contribution in [2.24, 2.45) is 5.41 Å². The maximum Gasteiger partial charge on any atom is 0.230 e. The maximum atomic E-state index is 12.2. The quantitative estimate of drug-likeness (QED) is 0.623. The minimum atomic E-state index is -0.0149. The molecule has 2 aliphatic rings. The van der Waals surface area contributed by atoms with Crippen LogP contribution < -0.4 is 0 Å². The van der Waals surface area contributed by atoms with Gasteiger partial charge >= 0.3 is 0 Å². The Labute approximate surface area is 86.1 Å². The highest BCUT2D eigenvalue weighted by Gasteiger charge is 2.50. The lowest BCUT2D eigenvalue weighted by Gasteiger charge is -2.25. The van der Waals surface area contributed by atoms with E-state index in [9.17, 15) is 4.79 Å². The normalized spacial score (nSPS) is 34.0. The van der Waals surface area contributed by atoms with Crippen molar-refractivity contribution in [2.45, 2.75) is 32.7 Å². The van der Waals surface area contributed by atoms with Crippen LogP contribution in [0.15, 0.2) is 0 Å². The smallest absolute Gasteiger partial charge is 0.230 e. The molecule has 1 atom stereocenters. The fourth-order valence-electron chi connectivity index (χ4n) is 2.80. The second-order valence-electron chi connectivity index (χ2n) is 5.11. The SMILES string of the molecule is CC(C)N1CCC2(CCN(C)C2)C1=O. The molecular formula is C11H20N2O. The van der Waals surface area contributed by atoms with E-state index < -0.39 is 0 Å². The molecule has 0 aliphatic carbocycles. The Kier molecular flexibility index (Phi) is 2.30. The van der Waals surface area contributed by atoms with E-state index >= 15 is 0 Å². The topological polar surface area (TPSA) is 23.6 Å². The van der Waals surface area contributed by atoms with Gasteiger partial charge in [-0.3, -0.25) is 4.79 Å². The number of hydrogen-bond acceptors (Lipinski definition) is 2. The fraction of sp³-hybridized carbons (Fsp3) is 0.909. The van der Waals surface area contributed by atoms with Crippen LogP contribution in [0, 0.1) is 5.41 Å². The molecule has 1 unspecified atom stereocenters. The summed E-state index contributed by atoms with van der Waals surface area (Å²) in [5, 5.41) is 0. The number of rotatable bonds is 1. The molecule has 1 spiro atoms. The molecule has 0 bridgehead atoms. The van der Waals surface area contributed by atoms with E-state index in [1.165, 1.54) is 0 Å². The Bertz CT molecular complexity index is 252. The first-order valence-corrected chi connectivity index (χ1v) is 5.55. The molecule has 0 saturated carbocycles. The zero-order chi connectivity index (χ0) is 10.3. The van der Waals surface area contributed by atoms with Crippen molar-refractivity contribution in [1.82, 2.24) is 9.80 Å². The van der Waals surface area contributed by atoms with Gasteiger partial charge in [0.2, 0.25) is 5.91 Å². The van der Waals surface area contributed by atoms with Crippen LogP contribution in [-0.2, 0) is 4.79 Å². The Morgan fingerprint density at radius 1 is 1.29 bits per heavy atom. The van der Waals surface area contributed by atoms with Crippen molar-refractivity contribution in [3.05, 3.63) is 0 Å². The Morgan fingerprint density at radius 3 is 2.36 bits per heavy atom. The Balaban J connectivity index is 2.14. The van der Waals surface area contributed by atoms with Crippen molar-refractivity contribution in [3.8, 4) is 0 Å². The van der Waals surface area contributed by atoms with Gasteiger partial charge in [-0.2, -0.15) is 0 Å². The molecule has 1 amide bonds. The first-order valence-electron chi connectivity index (χ1n) is 5.55. The van der Waals surface area contributed by atoms with Crippen LogP contribution in [0.5, 0.6) is 0 Å². The van der Waals surface area contributed by atoms with Crippen LogP contribution in [0.4, 0.5) is 0 Å². The predicted molar refractivity (Wildman–Crippen MR) is 56.0 cm³/mol. The van der Waals surface area contributed by atoms with Crippen molar-refractivity contribution in [2.75, 3.05) is 26.7 Å². The van der Waals surface area contributed by atoms with Crippen molar-refractivity contribution in [1.29, 1.82) is 0 Å². The van der Waals surface area contributed by atoms with Gasteiger partial charge in [-0.05, 0) is 40.3 Å². The van der Waals surface area contributed by atoms with Crippen LogP contribution in [0.2, 0.25) is 0 Å². The molecule has 0 aromatic carbocycles. The van der Waals surface area contributed by atoms with Gasteiger partial charge in [-0.25, -0.2) is 0 Å². The van der Waals surface area contributed by atoms with E-state index in [1.807, 2.05) is 4.90 Å². The molecule has 3 nitrogen and oxygen atoms in total. The highest BCUT2D eigenvalue weighted by atomic mass is 16.2. The predicted octanol–water partition coefficient (Wildman–Crippen LogP) is 0.949. The summed E-state index contributed by atoms with van der Waals surface area (Å²) in [5.41, 5.74) is -0.0149. The minimum Gasteiger partial charge on any atom is -0.340 e. The van der Waals surface area contributed by atoms with E-state index in [1.54, 1.807) is 0 Å². The van der Waals surface area contributed by atoms with Crippen molar-refractivity contribution in [3.63, 3.8) is 0 Å². The Morgan fingerprint density at radius 2 is 1.93 bits per heavy atom. The monoisotopic (exact) mass is 196 g/mol. The van der Waals surface area contributed by atoms with E-state index in [0.29, 0.717) is 11.9 Å². The zero-order valence-corrected chi connectivity index (χ0v) is 9.42. The number of likely N-dealkylation sites (tertiary alicyclic amines) is 2. The molecule has 2 aliphatic heterocycles. The molecule has 0 aromatic rings. The summed E-state index contributed by atoms with van der Waals surface area (Å²) in [5.74, 6) is 0.400. The second kappa shape index (κ2) is 3.23. The summed E-state index contributed by atoms with van der Waals surface area (Å²) in [6, 6.07) is 0.368. The Hall–Kier alpha value is -0.570. The van der Waals surface area contributed by atoms with Crippen LogP contribution in [0.25, 0.3) is 0 Å². The third-order valence-corrected chi connectivity index (χ3v) is 3.71. The molecule has 2 rings (SSSR count). The molecule has 2 heterocycles. The van der Waals surface area contributed by atoms with Crippen LogP contribution in [0.1, 0.15) is 26.7 Å². The van der Waals surface area contributed by atoms with Gasteiger partial charge in [0.05, 0.1) is 5.41 Å². The highest BCUT2D eigenvalue weighted by Crippen LogP contribution is 2.40. The van der Waals surface area contributed by atoms with Gasteiger partial charge in [0.1, 0.15) is 0 Å². The molecular weight excluding hydrogens is 176 g/mol. The lowest BCUT2D eigenvalue weighted by Crippen LogP contribution is -2.39. The number of carbonyl (C=O) groups excluding carboxylic acids is 1. The molecule has 2 saturated heterocycles. The molecule has 14 heavy (non-hydrogen) atoms. The van der Waals surface area contributed by atoms with Crippen LogP contribution >= 0.6 is 0 Å². The fourth-order valence-corrected chi connectivity index (χ4v) is 2.80. The number of carbonyl (C=O) groups is 1. The summed E-state index contributed by atoms with van der Waals surface area (Å²) in [6.07, 6.45) is 2.12. The van der Waals surface area contributed by atoms with Crippen molar-refractivity contribution >= 4 is 5.91 Å². The van der Waals surface area contributed by atoms with Gasteiger partial charge in [-0.1, -0.05) is 0 Å². The number of amides is 1. The molecule has 0 N–H and O–H groups in total.